The molecule has 2 aromatic carbocycles. The highest BCUT2D eigenvalue weighted by Gasteiger charge is 2.34. The van der Waals surface area contributed by atoms with Gasteiger partial charge in [0.15, 0.2) is 0 Å². The first kappa shape index (κ1) is 19.3. The fourth-order valence-electron chi connectivity index (χ4n) is 3.43. The number of nitrogens with zero attached hydrogens (tertiary/aromatic N) is 1. The van der Waals surface area contributed by atoms with Crippen LogP contribution in [0.4, 0.5) is 5.69 Å². The Labute approximate surface area is 162 Å². The first-order chi connectivity index (χ1) is 13.1. The van der Waals surface area contributed by atoms with Crippen molar-refractivity contribution in [2.45, 2.75) is 45.6 Å². The van der Waals surface area contributed by atoms with Gasteiger partial charge in [0.05, 0.1) is 13.7 Å². The lowest BCUT2D eigenvalue weighted by atomic mass is 10.1. The lowest BCUT2D eigenvalue weighted by Crippen LogP contribution is -2.40. The van der Waals surface area contributed by atoms with Crippen LogP contribution in [0.3, 0.4) is 0 Å². The maximum absolute atomic E-state index is 13.1. The zero-order chi connectivity index (χ0) is 19.2. The van der Waals surface area contributed by atoms with E-state index in [2.05, 4.69) is 6.92 Å². The van der Waals surface area contributed by atoms with Gasteiger partial charge in [-0.05, 0) is 81.0 Å². The zero-order valence-corrected chi connectivity index (χ0v) is 16.5. The molecule has 0 radical (unpaired) electrons. The predicted molar refractivity (Wildman–Crippen MR) is 109 cm³/mol. The summed E-state index contributed by atoms with van der Waals surface area (Å²) < 4.78 is 10.7. The molecule has 1 aliphatic carbocycles. The molecule has 1 aliphatic rings. The summed E-state index contributed by atoms with van der Waals surface area (Å²) in [6.45, 7) is 4.80. The predicted octanol–water partition coefficient (Wildman–Crippen LogP) is 4.86. The molecule has 3 rings (SSSR count). The average molecular weight is 367 g/mol. The molecule has 1 atom stereocenters. The van der Waals surface area contributed by atoms with E-state index in [1.807, 2.05) is 60.4 Å². The van der Waals surface area contributed by atoms with Crippen molar-refractivity contribution in [1.29, 1.82) is 0 Å². The summed E-state index contributed by atoms with van der Waals surface area (Å²) in [5.41, 5.74) is 2.10. The molecule has 1 unspecified atom stereocenters. The molecule has 0 heterocycles. The maximum atomic E-state index is 13.1. The quantitative estimate of drug-likeness (QED) is 0.635. The van der Waals surface area contributed by atoms with Crippen LogP contribution in [0.2, 0.25) is 0 Å². The number of ether oxygens (including phenoxy) is 2. The van der Waals surface area contributed by atoms with Gasteiger partial charge < -0.3 is 14.4 Å². The first-order valence-corrected chi connectivity index (χ1v) is 9.80. The summed E-state index contributed by atoms with van der Waals surface area (Å²) in [4.78, 5) is 15.1. The average Bonchev–Trinajstić information content (AvgIpc) is 3.54. The maximum Gasteiger partial charge on any atom is 0.227 e. The third-order valence-corrected chi connectivity index (χ3v) is 5.19. The highest BCUT2D eigenvalue weighted by atomic mass is 16.5. The molecule has 1 fully saturated rings. The molecule has 0 N–H and O–H groups in total. The van der Waals surface area contributed by atoms with Gasteiger partial charge in [-0.15, -0.1) is 0 Å². The Hall–Kier alpha value is -2.49. The highest BCUT2D eigenvalue weighted by molar-refractivity contribution is 5.94. The van der Waals surface area contributed by atoms with Crippen molar-refractivity contribution in [3.8, 4) is 11.5 Å². The monoisotopic (exact) mass is 367 g/mol. The Kier molecular flexibility index (Phi) is 6.38. The van der Waals surface area contributed by atoms with Gasteiger partial charge in [0.1, 0.15) is 11.5 Å². The fourth-order valence-corrected chi connectivity index (χ4v) is 3.43. The van der Waals surface area contributed by atoms with Crippen LogP contribution < -0.4 is 14.4 Å². The summed E-state index contributed by atoms with van der Waals surface area (Å²) in [5.74, 6) is 2.46. The molecule has 0 saturated heterocycles. The molecular formula is C23H29NO3. The number of rotatable bonds is 9. The van der Waals surface area contributed by atoms with E-state index in [9.17, 15) is 4.79 Å². The van der Waals surface area contributed by atoms with Gasteiger partial charge in [-0.25, -0.2) is 0 Å². The standard InChI is InChI=1S/C23H29NO3/c1-4-27-22-12-5-18(6-13-22)7-16-23(25)24(17(2)19-8-9-19)20-10-14-21(26-3)15-11-20/h5-6,10-15,17,19H,4,7-9,16H2,1-3H3. The molecule has 144 valence electrons. The Morgan fingerprint density at radius 3 is 2.26 bits per heavy atom. The van der Waals surface area contributed by atoms with Crippen molar-refractivity contribution in [1.82, 2.24) is 0 Å². The Morgan fingerprint density at radius 2 is 1.70 bits per heavy atom. The van der Waals surface area contributed by atoms with Crippen molar-refractivity contribution < 1.29 is 14.3 Å². The molecule has 27 heavy (non-hydrogen) atoms. The van der Waals surface area contributed by atoms with Gasteiger partial charge in [0.25, 0.3) is 0 Å². The minimum atomic E-state index is 0.174. The summed E-state index contributed by atoms with van der Waals surface area (Å²) in [7, 11) is 1.65. The van der Waals surface area contributed by atoms with Crippen LogP contribution in [0.5, 0.6) is 11.5 Å². The van der Waals surface area contributed by atoms with E-state index in [1.54, 1.807) is 7.11 Å². The molecule has 0 aromatic heterocycles. The summed E-state index contributed by atoms with van der Waals surface area (Å²) in [5, 5.41) is 0. The number of aryl methyl sites for hydroxylation is 1. The second-order valence-electron chi connectivity index (χ2n) is 7.12. The largest absolute Gasteiger partial charge is 0.497 e. The van der Waals surface area contributed by atoms with Crippen LogP contribution in [0.25, 0.3) is 0 Å². The lowest BCUT2D eigenvalue weighted by molar-refractivity contribution is -0.119. The van der Waals surface area contributed by atoms with Crippen LogP contribution in [0, 0.1) is 5.92 Å². The van der Waals surface area contributed by atoms with Gasteiger partial charge in [0, 0.05) is 18.2 Å². The SMILES string of the molecule is CCOc1ccc(CCC(=O)N(c2ccc(OC)cc2)C(C)C2CC2)cc1. The van der Waals surface area contributed by atoms with E-state index in [-0.39, 0.29) is 11.9 Å². The van der Waals surface area contributed by atoms with Gasteiger partial charge in [-0.2, -0.15) is 0 Å². The van der Waals surface area contributed by atoms with Gasteiger partial charge >= 0.3 is 0 Å². The van der Waals surface area contributed by atoms with E-state index < -0.39 is 0 Å². The zero-order valence-electron chi connectivity index (χ0n) is 16.5. The van der Waals surface area contributed by atoms with E-state index in [0.717, 1.165) is 29.2 Å². The minimum Gasteiger partial charge on any atom is -0.497 e. The molecule has 0 spiro atoms. The van der Waals surface area contributed by atoms with Gasteiger partial charge in [-0.1, -0.05) is 12.1 Å². The number of hydrogen-bond acceptors (Lipinski definition) is 3. The summed E-state index contributed by atoms with van der Waals surface area (Å²) >= 11 is 0. The van der Waals surface area contributed by atoms with Crippen molar-refractivity contribution in [3.05, 3.63) is 54.1 Å². The van der Waals surface area contributed by atoms with Crippen molar-refractivity contribution in [2.24, 2.45) is 5.92 Å². The molecule has 0 aliphatic heterocycles. The lowest BCUT2D eigenvalue weighted by Gasteiger charge is -2.30. The Morgan fingerprint density at radius 1 is 1.07 bits per heavy atom. The van der Waals surface area contributed by atoms with Crippen molar-refractivity contribution in [3.63, 3.8) is 0 Å². The Bertz CT molecular complexity index is 735. The van der Waals surface area contributed by atoms with E-state index in [4.69, 9.17) is 9.47 Å². The number of hydrogen-bond donors (Lipinski definition) is 0. The second kappa shape index (κ2) is 8.94. The van der Waals surface area contributed by atoms with Crippen LogP contribution in [0.15, 0.2) is 48.5 Å². The van der Waals surface area contributed by atoms with Crippen molar-refractivity contribution in [2.75, 3.05) is 18.6 Å². The van der Waals surface area contributed by atoms with E-state index >= 15 is 0 Å². The summed E-state index contributed by atoms with van der Waals surface area (Å²) in [6, 6.07) is 16.0. The van der Waals surface area contributed by atoms with Crippen LogP contribution >= 0.6 is 0 Å². The minimum absolute atomic E-state index is 0.174. The smallest absolute Gasteiger partial charge is 0.227 e. The van der Waals surface area contributed by atoms with Crippen molar-refractivity contribution >= 4 is 11.6 Å². The number of benzene rings is 2. The van der Waals surface area contributed by atoms with Crippen LogP contribution in [0.1, 0.15) is 38.7 Å². The number of amides is 1. The first-order valence-electron chi connectivity index (χ1n) is 9.80. The van der Waals surface area contributed by atoms with E-state index in [0.29, 0.717) is 18.9 Å². The number of anilines is 1. The topological polar surface area (TPSA) is 38.8 Å². The molecule has 4 nitrogen and oxygen atoms in total. The van der Waals surface area contributed by atoms with E-state index in [1.165, 1.54) is 12.8 Å². The number of carbonyl (C=O) groups excluding carboxylic acids is 1. The third kappa shape index (κ3) is 5.03. The molecular weight excluding hydrogens is 338 g/mol. The Balaban J connectivity index is 1.68. The fraction of sp³-hybridized carbons (Fsp3) is 0.435. The summed E-state index contributed by atoms with van der Waals surface area (Å²) in [6.07, 6.45) is 3.65. The van der Waals surface area contributed by atoms with Crippen LogP contribution in [-0.4, -0.2) is 25.7 Å². The normalized spacial score (nSPS) is 14.5. The van der Waals surface area contributed by atoms with Crippen LogP contribution in [-0.2, 0) is 11.2 Å². The number of carbonyl (C=O) groups is 1. The van der Waals surface area contributed by atoms with Gasteiger partial charge in [0.2, 0.25) is 5.91 Å². The van der Waals surface area contributed by atoms with Gasteiger partial charge in [-0.3, -0.25) is 4.79 Å². The number of methoxy groups -OCH3 is 1. The highest BCUT2D eigenvalue weighted by Crippen LogP contribution is 2.37. The molecule has 0 bridgehead atoms. The molecule has 1 saturated carbocycles. The molecule has 4 heteroatoms. The molecule has 2 aromatic rings. The third-order valence-electron chi connectivity index (χ3n) is 5.19. The molecule has 1 amide bonds. The second-order valence-corrected chi connectivity index (χ2v) is 7.12.